The van der Waals surface area contributed by atoms with Crippen molar-refractivity contribution < 1.29 is 23.5 Å². The number of furan rings is 1. The lowest BCUT2D eigenvalue weighted by Crippen LogP contribution is -2.05. The molecule has 0 aliphatic rings. The molecular formula is C24H19NO5. The molecule has 0 fully saturated rings. The smallest absolute Gasteiger partial charge is 0.349 e. The molecule has 0 atom stereocenters. The quantitative estimate of drug-likeness (QED) is 0.322. The van der Waals surface area contributed by atoms with Crippen molar-refractivity contribution in [3.63, 3.8) is 0 Å². The third-order valence-electron chi connectivity index (χ3n) is 4.15. The fourth-order valence-electron chi connectivity index (χ4n) is 2.65. The van der Waals surface area contributed by atoms with Crippen LogP contribution in [-0.2, 0) is 20.9 Å². The van der Waals surface area contributed by atoms with Gasteiger partial charge < -0.3 is 13.9 Å². The molecule has 150 valence electrons. The van der Waals surface area contributed by atoms with Gasteiger partial charge in [0, 0.05) is 11.6 Å². The van der Waals surface area contributed by atoms with Crippen LogP contribution in [0, 0.1) is 11.3 Å². The van der Waals surface area contributed by atoms with Gasteiger partial charge in [-0.2, -0.15) is 5.26 Å². The standard InChI is InChI=1S/C24H19NO5/c1-2-28-24(27)20(15-25)14-21-12-13-22(30-21)18-8-10-19(11-9-18)23(26)29-16-17-6-4-3-5-7-17/h3-14H,2,16H2,1H3/b20-14+. The Hall–Kier alpha value is -4.11. The Kier molecular flexibility index (Phi) is 6.80. The summed E-state index contributed by atoms with van der Waals surface area (Å²) < 4.78 is 15.8. The molecule has 6 heteroatoms. The maximum Gasteiger partial charge on any atom is 0.349 e. The van der Waals surface area contributed by atoms with E-state index in [-0.39, 0.29) is 18.8 Å². The zero-order valence-electron chi connectivity index (χ0n) is 16.3. The number of esters is 2. The lowest BCUT2D eigenvalue weighted by Gasteiger charge is -2.05. The van der Waals surface area contributed by atoms with Crippen LogP contribution in [0.5, 0.6) is 0 Å². The lowest BCUT2D eigenvalue weighted by atomic mass is 10.1. The second-order valence-corrected chi connectivity index (χ2v) is 6.23. The van der Waals surface area contributed by atoms with E-state index >= 15 is 0 Å². The summed E-state index contributed by atoms with van der Waals surface area (Å²) in [4.78, 5) is 23.9. The highest BCUT2D eigenvalue weighted by atomic mass is 16.5. The average Bonchev–Trinajstić information content (AvgIpc) is 3.25. The first-order valence-corrected chi connectivity index (χ1v) is 9.31. The molecule has 0 aliphatic carbocycles. The lowest BCUT2D eigenvalue weighted by molar-refractivity contribution is -0.137. The van der Waals surface area contributed by atoms with Crippen molar-refractivity contribution in [2.75, 3.05) is 6.61 Å². The molecule has 3 rings (SSSR count). The number of rotatable bonds is 7. The van der Waals surface area contributed by atoms with Crippen LogP contribution in [0.2, 0.25) is 0 Å². The van der Waals surface area contributed by atoms with E-state index in [2.05, 4.69) is 0 Å². The van der Waals surface area contributed by atoms with Crippen LogP contribution in [0.4, 0.5) is 0 Å². The van der Waals surface area contributed by atoms with Crippen molar-refractivity contribution in [1.82, 2.24) is 0 Å². The Labute approximate surface area is 174 Å². The minimum absolute atomic E-state index is 0.144. The van der Waals surface area contributed by atoms with Crippen molar-refractivity contribution in [2.45, 2.75) is 13.5 Å². The summed E-state index contributed by atoms with van der Waals surface area (Å²) in [5.41, 5.74) is 1.94. The van der Waals surface area contributed by atoms with Crippen LogP contribution in [0.15, 0.2) is 76.7 Å². The highest BCUT2D eigenvalue weighted by Crippen LogP contribution is 2.24. The van der Waals surface area contributed by atoms with Crippen LogP contribution in [0.25, 0.3) is 17.4 Å². The largest absolute Gasteiger partial charge is 0.462 e. The van der Waals surface area contributed by atoms with Gasteiger partial charge >= 0.3 is 11.9 Å². The molecule has 0 unspecified atom stereocenters. The van der Waals surface area contributed by atoms with Gasteiger partial charge in [-0.25, -0.2) is 9.59 Å². The number of carbonyl (C=O) groups excluding carboxylic acids is 2. The number of nitrogens with zero attached hydrogens (tertiary/aromatic N) is 1. The van der Waals surface area contributed by atoms with E-state index in [0.29, 0.717) is 17.1 Å². The van der Waals surface area contributed by atoms with Crippen LogP contribution in [0.1, 0.15) is 28.6 Å². The number of ether oxygens (including phenoxy) is 2. The molecule has 0 radical (unpaired) electrons. The predicted octanol–water partition coefficient (Wildman–Crippen LogP) is 4.77. The summed E-state index contributed by atoms with van der Waals surface area (Å²) in [6.45, 7) is 2.05. The van der Waals surface area contributed by atoms with Gasteiger partial charge in [0.05, 0.1) is 12.2 Å². The Morgan fingerprint density at radius 2 is 1.73 bits per heavy atom. The highest BCUT2D eigenvalue weighted by molar-refractivity contribution is 5.97. The Morgan fingerprint density at radius 3 is 2.40 bits per heavy atom. The minimum atomic E-state index is -0.698. The van der Waals surface area contributed by atoms with E-state index in [1.807, 2.05) is 30.3 Å². The van der Waals surface area contributed by atoms with Gasteiger partial charge in [0.15, 0.2) is 0 Å². The minimum Gasteiger partial charge on any atom is -0.462 e. The molecule has 0 N–H and O–H groups in total. The van der Waals surface area contributed by atoms with E-state index in [1.165, 1.54) is 6.08 Å². The van der Waals surface area contributed by atoms with Gasteiger partial charge in [-0.15, -0.1) is 0 Å². The first kappa shape index (κ1) is 20.6. The number of benzene rings is 2. The molecule has 6 nitrogen and oxygen atoms in total. The highest BCUT2D eigenvalue weighted by Gasteiger charge is 2.13. The molecule has 0 saturated heterocycles. The topological polar surface area (TPSA) is 89.5 Å². The molecule has 0 amide bonds. The second kappa shape index (κ2) is 9.89. The van der Waals surface area contributed by atoms with Crippen LogP contribution < -0.4 is 0 Å². The number of nitriles is 1. The maximum absolute atomic E-state index is 12.2. The second-order valence-electron chi connectivity index (χ2n) is 6.23. The fraction of sp³-hybridized carbons (Fsp3) is 0.125. The van der Waals surface area contributed by atoms with Crippen LogP contribution in [-0.4, -0.2) is 18.5 Å². The van der Waals surface area contributed by atoms with E-state index < -0.39 is 11.9 Å². The van der Waals surface area contributed by atoms with Gasteiger partial charge in [-0.1, -0.05) is 42.5 Å². The number of hydrogen-bond donors (Lipinski definition) is 0. The third kappa shape index (κ3) is 5.24. The third-order valence-corrected chi connectivity index (χ3v) is 4.15. The van der Waals surface area contributed by atoms with E-state index in [1.54, 1.807) is 49.4 Å². The van der Waals surface area contributed by atoms with Gasteiger partial charge in [0.25, 0.3) is 0 Å². The summed E-state index contributed by atoms with van der Waals surface area (Å²) in [5, 5.41) is 9.10. The molecule has 3 aromatic rings. The Bertz CT molecular complexity index is 1090. The van der Waals surface area contributed by atoms with Crippen molar-refractivity contribution in [3.05, 3.63) is 89.2 Å². The fourth-order valence-corrected chi connectivity index (χ4v) is 2.65. The van der Waals surface area contributed by atoms with Crippen molar-refractivity contribution in [2.24, 2.45) is 0 Å². The first-order chi connectivity index (χ1) is 14.6. The molecule has 0 bridgehead atoms. The van der Waals surface area contributed by atoms with Crippen molar-refractivity contribution in [1.29, 1.82) is 5.26 Å². The molecular weight excluding hydrogens is 382 g/mol. The SMILES string of the molecule is CCOC(=O)/C(C#N)=C/c1ccc(-c2ccc(C(=O)OCc3ccccc3)cc2)o1. The van der Waals surface area contributed by atoms with Gasteiger partial charge in [0.1, 0.15) is 29.8 Å². The summed E-state index contributed by atoms with van der Waals surface area (Å²) in [7, 11) is 0. The van der Waals surface area contributed by atoms with E-state index in [4.69, 9.17) is 19.2 Å². The zero-order chi connectivity index (χ0) is 21.3. The van der Waals surface area contributed by atoms with Crippen molar-refractivity contribution >= 4 is 18.0 Å². The maximum atomic E-state index is 12.2. The molecule has 1 heterocycles. The first-order valence-electron chi connectivity index (χ1n) is 9.31. The summed E-state index contributed by atoms with van der Waals surface area (Å²) in [5.74, 6) is -0.231. The summed E-state index contributed by atoms with van der Waals surface area (Å²) in [6, 6.07) is 21.4. The molecule has 1 aromatic heterocycles. The van der Waals surface area contributed by atoms with Crippen LogP contribution in [0.3, 0.4) is 0 Å². The Morgan fingerprint density at radius 1 is 1.00 bits per heavy atom. The van der Waals surface area contributed by atoms with E-state index in [0.717, 1.165) is 11.1 Å². The Balaban J connectivity index is 1.67. The molecule has 2 aromatic carbocycles. The van der Waals surface area contributed by atoms with Gasteiger partial charge in [0.2, 0.25) is 0 Å². The molecule has 0 spiro atoms. The van der Waals surface area contributed by atoms with Crippen LogP contribution >= 0.6 is 0 Å². The summed E-state index contributed by atoms with van der Waals surface area (Å²) >= 11 is 0. The summed E-state index contributed by atoms with van der Waals surface area (Å²) in [6.07, 6.45) is 1.33. The van der Waals surface area contributed by atoms with Gasteiger partial charge in [-0.3, -0.25) is 0 Å². The molecule has 30 heavy (non-hydrogen) atoms. The number of hydrogen-bond acceptors (Lipinski definition) is 6. The normalized spacial score (nSPS) is 10.9. The van der Waals surface area contributed by atoms with Gasteiger partial charge in [-0.05, 0) is 36.8 Å². The monoisotopic (exact) mass is 401 g/mol. The number of carbonyl (C=O) groups is 2. The zero-order valence-corrected chi connectivity index (χ0v) is 16.3. The predicted molar refractivity (Wildman–Crippen MR) is 110 cm³/mol. The molecule has 0 aliphatic heterocycles. The average molecular weight is 401 g/mol. The van der Waals surface area contributed by atoms with E-state index in [9.17, 15) is 9.59 Å². The molecule has 0 saturated carbocycles. The van der Waals surface area contributed by atoms with Crippen molar-refractivity contribution in [3.8, 4) is 17.4 Å².